The Balaban J connectivity index is 2.17. The lowest BCUT2D eigenvalue weighted by Crippen LogP contribution is -2.00. The van der Waals surface area contributed by atoms with Crippen LogP contribution in [0.4, 0.5) is 0 Å². The predicted molar refractivity (Wildman–Crippen MR) is 86.5 cm³/mol. The molecule has 0 aliphatic heterocycles. The van der Waals surface area contributed by atoms with E-state index in [0.717, 1.165) is 10.0 Å². The minimum absolute atomic E-state index is 0.0178. The average molecular weight is 370 g/mol. The third kappa shape index (κ3) is 3.99. The molecule has 0 fully saturated rings. The van der Waals surface area contributed by atoms with Crippen molar-refractivity contribution in [2.75, 3.05) is 7.11 Å². The van der Waals surface area contributed by atoms with Crippen LogP contribution in [-0.4, -0.2) is 12.9 Å². The molecule has 0 atom stereocenters. The van der Waals surface area contributed by atoms with Gasteiger partial charge in [-0.15, -0.1) is 0 Å². The molecule has 0 aliphatic rings. The number of hydrogen-bond donors (Lipinski definition) is 0. The van der Waals surface area contributed by atoms with Gasteiger partial charge in [-0.05, 0) is 37.3 Å². The molecular formula is C16H14BrClO3. The lowest BCUT2D eigenvalue weighted by molar-refractivity contribution is 0.101. The molecule has 0 saturated carbocycles. The lowest BCUT2D eigenvalue weighted by atomic mass is 10.1. The number of methoxy groups -OCH3 is 1. The number of ketones is 1. The van der Waals surface area contributed by atoms with E-state index in [0.29, 0.717) is 28.7 Å². The molecule has 0 unspecified atom stereocenters. The van der Waals surface area contributed by atoms with E-state index in [1.807, 2.05) is 18.2 Å². The van der Waals surface area contributed by atoms with Crippen molar-refractivity contribution in [2.24, 2.45) is 0 Å². The fraction of sp³-hybridized carbons (Fsp3) is 0.188. The van der Waals surface area contributed by atoms with Crippen molar-refractivity contribution in [3.05, 3.63) is 57.0 Å². The van der Waals surface area contributed by atoms with Gasteiger partial charge in [0.15, 0.2) is 17.3 Å². The molecule has 0 heterocycles. The molecule has 21 heavy (non-hydrogen) atoms. The first-order valence-corrected chi connectivity index (χ1v) is 7.44. The summed E-state index contributed by atoms with van der Waals surface area (Å²) < 4.78 is 11.9. The third-order valence-corrected chi connectivity index (χ3v) is 3.81. The van der Waals surface area contributed by atoms with E-state index in [-0.39, 0.29) is 5.78 Å². The van der Waals surface area contributed by atoms with E-state index in [4.69, 9.17) is 21.1 Å². The van der Waals surface area contributed by atoms with Crippen molar-refractivity contribution in [3.63, 3.8) is 0 Å². The van der Waals surface area contributed by atoms with E-state index in [1.54, 1.807) is 25.3 Å². The van der Waals surface area contributed by atoms with Gasteiger partial charge in [0.05, 0.1) is 7.11 Å². The summed E-state index contributed by atoms with van der Waals surface area (Å²) in [6.07, 6.45) is 0. The normalized spacial score (nSPS) is 10.3. The number of carbonyl (C=O) groups is 1. The highest BCUT2D eigenvalue weighted by Crippen LogP contribution is 2.30. The van der Waals surface area contributed by atoms with E-state index in [9.17, 15) is 4.79 Å². The van der Waals surface area contributed by atoms with Gasteiger partial charge in [0.25, 0.3) is 0 Å². The summed E-state index contributed by atoms with van der Waals surface area (Å²) in [6, 6.07) is 10.7. The molecule has 0 bridgehead atoms. The largest absolute Gasteiger partial charge is 0.493 e. The second-order valence-corrected chi connectivity index (χ2v) is 5.77. The number of benzene rings is 2. The van der Waals surface area contributed by atoms with Crippen LogP contribution in [0.15, 0.2) is 40.9 Å². The van der Waals surface area contributed by atoms with Gasteiger partial charge >= 0.3 is 0 Å². The zero-order valence-electron chi connectivity index (χ0n) is 11.7. The Labute approximate surface area is 137 Å². The topological polar surface area (TPSA) is 35.5 Å². The number of hydrogen-bond acceptors (Lipinski definition) is 3. The maximum Gasteiger partial charge on any atom is 0.161 e. The van der Waals surface area contributed by atoms with Gasteiger partial charge in [0, 0.05) is 20.6 Å². The van der Waals surface area contributed by atoms with Crippen LogP contribution in [0.25, 0.3) is 0 Å². The molecule has 2 aromatic carbocycles. The predicted octanol–water partition coefficient (Wildman–Crippen LogP) is 4.89. The van der Waals surface area contributed by atoms with E-state index in [1.165, 1.54) is 6.92 Å². The van der Waals surface area contributed by atoms with Gasteiger partial charge in [-0.1, -0.05) is 33.6 Å². The van der Waals surface area contributed by atoms with Gasteiger partial charge < -0.3 is 9.47 Å². The van der Waals surface area contributed by atoms with Crippen LogP contribution in [0.1, 0.15) is 22.8 Å². The van der Waals surface area contributed by atoms with Crippen molar-refractivity contribution >= 4 is 33.3 Å². The maximum absolute atomic E-state index is 11.4. The second kappa shape index (κ2) is 6.96. The van der Waals surface area contributed by atoms with E-state index < -0.39 is 0 Å². The summed E-state index contributed by atoms with van der Waals surface area (Å²) in [7, 11) is 1.54. The molecule has 110 valence electrons. The fourth-order valence-corrected chi connectivity index (χ4v) is 2.53. The lowest BCUT2D eigenvalue weighted by Gasteiger charge is -2.12. The standard InChI is InChI=1S/C16H14BrClO3/c1-10(19)11-4-6-15(16(7-11)20-2)21-9-12-3-5-13(17)8-14(12)18/h3-8H,9H2,1-2H3. The SMILES string of the molecule is COc1cc(C(C)=O)ccc1OCc1ccc(Br)cc1Cl. The van der Waals surface area contributed by atoms with Crippen molar-refractivity contribution < 1.29 is 14.3 Å². The number of halogens is 2. The first kappa shape index (κ1) is 15.9. The first-order chi connectivity index (χ1) is 10.0. The first-order valence-electron chi connectivity index (χ1n) is 6.27. The highest BCUT2D eigenvalue weighted by atomic mass is 79.9. The van der Waals surface area contributed by atoms with Crippen LogP contribution in [0.5, 0.6) is 11.5 Å². The molecule has 3 nitrogen and oxygen atoms in total. The molecule has 5 heteroatoms. The minimum atomic E-state index is -0.0178. The minimum Gasteiger partial charge on any atom is -0.493 e. The number of Topliss-reactive ketones (excluding diaryl/α,β-unsaturated/α-hetero) is 1. The van der Waals surface area contributed by atoms with Crippen LogP contribution in [-0.2, 0) is 6.61 Å². The van der Waals surface area contributed by atoms with Gasteiger partial charge in [0.1, 0.15) is 6.61 Å². The van der Waals surface area contributed by atoms with Gasteiger partial charge in [-0.25, -0.2) is 0 Å². The highest BCUT2D eigenvalue weighted by Gasteiger charge is 2.09. The molecule has 2 rings (SSSR count). The van der Waals surface area contributed by atoms with Gasteiger partial charge in [-0.2, -0.15) is 0 Å². The summed E-state index contributed by atoms with van der Waals surface area (Å²) in [4.78, 5) is 11.4. The zero-order valence-corrected chi connectivity index (χ0v) is 14.0. The van der Waals surface area contributed by atoms with Crippen molar-refractivity contribution in [1.29, 1.82) is 0 Å². The Bertz CT molecular complexity index is 671. The quantitative estimate of drug-likeness (QED) is 0.704. The van der Waals surface area contributed by atoms with Crippen LogP contribution in [0.2, 0.25) is 5.02 Å². The summed E-state index contributed by atoms with van der Waals surface area (Å²) in [5, 5.41) is 0.628. The molecule has 0 aliphatic carbocycles. The fourth-order valence-electron chi connectivity index (χ4n) is 1.80. The zero-order chi connectivity index (χ0) is 15.4. The Morgan fingerprint density at radius 3 is 2.57 bits per heavy atom. The molecular weight excluding hydrogens is 356 g/mol. The summed E-state index contributed by atoms with van der Waals surface area (Å²) >= 11 is 9.51. The van der Waals surface area contributed by atoms with Crippen molar-refractivity contribution in [2.45, 2.75) is 13.5 Å². The molecule has 2 aromatic rings. The molecule has 0 radical (unpaired) electrons. The van der Waals surface area contributed by atoms with Crippen LogP contribution in [0, 0.1) is 0 Å². The molecule has 0 aromatic heterocycles. The summed E-state index contributed by atoms with van der Waals surface area (Å²) in [5.41, 5.74) is 1.46. The van der Waals surface area contributed by atoms with E-state index in [2.05, 4.69) is 15.9 Å². The summed E-state index contributed by atoms with van der Waals surface area (Å²) in [5.74, 6) is 1.08. The Morgan fingerprint density at radius 1 is 1.19 bits per heavy atom. The number of ether oxygens (including phenoxy) is 2. The van der Waals surface area contributed by atoms with Crippen LogP contribution in [0.3, 0.4) is 0 Å². The molecule has 0 saturated heterocycles. The van der Waals surface area contributed by atoms with Crippen molar-refractivity contribution in [3.8, 4) is 11.5 Å². The number of carbonyl (C=O) groups excluding carboxylic acids is 1. The van der Waals surface area contributed by atoms with Crippen molar-refractivity contribution in [1.82, 2.24) is 0 Å². The smallest absolute Gasteiger partial charge is 0.161 e. The molecule has 0 amide bonds. The van der Waals surface area contributed by atoms with Crippen LogP contribution >= 0.6 is 27.5 Å². The Hall–Kier alpha value is -1.52. The Kier molecular flexibility index (Phi) is 5.26. The second-order valence-electron chi connectivity index (χ2n) is 4.45. The van der Waals surface area contributed by atoms with Gasteiger partial charge in [0.2, 0.25) is 0 Å². The monoisotopic (exact) mass is 368 g/mol. The Morgan fingerprint density at radius 2 is 1.95 bits per heavy atom. The van der Waals surface area contributed by atoms with Gasteiger partial charge in [-0.3, -0.25) is 4.79 Å². The average Bonchev–Trinajstić information content (AvgIpc) is 2.46. The number of rotatable bonds is 5. The maximum atomic E-state index is 11.4. The highest BCUT2D eigenvalue weighted by molar-refractivity contribution is 9.10. The molecule has 0 N–H and O–H groups in total. The molecule has 0 spiro atoms. The summed E-state index contributed by atoms with van der Waals surface area (Å²) in [6.45, 7) is 1.83. The third-order valence-electron chi connectivity index (χ3n) is 2.97. The van der Waals surface area contributed by atoms with E-state index >= 15 is 0 Å². The van der Waals surface area contributed by atoms with Crippen LogP contribution < -0.4 is 9.47 Å².